The molecule has 0 aliphatic carbocycles. The van der Waals surface area contributed by atoms with Crippen LogP contribution in [-0.2, 0) is 22.7 Å². The monoisotopic (exact) mass is 529 g/mol. The second-order valence-corrected chi connectivity index (χ2v) is 9.83. The number of aliphatic hydroxyl groups excluding tert-OH is 1. The minimum Gasteiger partial charge on any atom is -0.507 e. The van der Waals surface area contributed by atoms with E-state index in [0.717, 1.165) is 27.5 Å². The van der Waals surface area contributed by atoms with Gasteiger partial charge in [0.2, 0.25) is 0 Å². The predicted molar refractivity (Wildman–Crippen MR) is 152 cm³/mol. The minimum absolute atomic E-state index is 0.0465. The summed E-state index contributed by atoms with van der Waals surface area (Å²) in [5.74, 6) is -0.428. The molecule has 0 spiro atoms. The Kier molecular flexibility index (Phi) is 6.66. The van der Waals surface area contributed by atoms with Crippen LogP contribution in [0.2, 0.25) is 0 Å². The number of hydrogen-bond donors (Lipinski definition) is 1. The Balaban J connectivity index is 1.43. The standard InChI is InChI=1S/C34H27NO5/c1-22-19-25(16-17-29(22)40-21-23-9-3-2-4-10-23)32(36)30-31(28-15-7-12-24-11-5-6-14-27(24)28)35(34(38)33(30)37)20-26-13-8-18-39-26/h2-19,31,36H,20-21H2,1H3/b32-30-. The number of amides is 1. The normalized spacial score (nSPS) is 16.5. The molecule has 40 heavy (non-hydrogen) atoms. The lowest BCUT2D eigenvalue weighted by molar-refractivity contribution is -0.140. The highest BCUT2D eigenvalue weighted by Crippen LogP contribution is 2.43. The Bertz CT molecular complexity index is 1730. The number of furan rings is 1. The first-order valence-corrected chi connectivity index (χ1v) is 13.1. The number of likely N-dealkylation sites (tertiary alicyclic amines) is 1. The van der Waals surface area contributed by atoms with Gasteiger partial charge in [0.25, 0.3) is 11.7 Å². The molecular weight excluding hydrogens is 502 g/mol. The summed E-state index contributed by atoms with van der Waals surface area (Å²) in [7, 11) is 0. The van der Waals surface area contributed by atoms with Crippen LogP contribution in [0.15, 0.2) is 119 Å². The Hall–Kier alpha value is -5.10. The molecule has 1 saturated heterocycles. The van der Waals surface area contributed by atoms with E-state index in [0.29, 0.717) is 23.7 Å². The van der Waals surface area contributed by atoms with Gasteiger partial charge < -0.3 is 19.2 Å². The first-order chi connectivity index (χ1) is 19.5. The molecule has 0 radical (unpaired) electrons. The van der Waals surface area contributed by atoms with Gasteiger partial charge in [0, 0.05) is 5.56 Å². The van der Waals surface area contributed by atoms with E-state index >= 15 is 0 Å². The highest BCUT2D eigenvalue weighted by Gasteiger charge is 2.46. The quantitative estimate of drug-likeness (QED) is 0.140. The summed E-state index contributed by atoms with van der Waals surface area (Å²) < 4.78 is 11.5. The molecular formula is C34H27NO5. The number of rotatable bonds is 7. The van der Waals surface area contributed by atoms with Gasteiger partial charge in [0.05, 0.1) is 24.4 Å². The van der Waals surface area contributed by atoms with E-state index in [1.165, 1.54) is 11.2 Å². The zero-order chi connectivity index (χ0) is 27.6. The van der Waals surface area contributed by atoms with Crippen molar-refractivity contribution in [1.29, 1.82) is 0 Å². The number of nitrogens with zero attached hydrogens (tertiary/aromatic N) is 1. The minimum atomic E-state index is -0.800. The number of hydrogen-bond acceptors (Lipinski definition) is 5. The van der Waals surface area contributed by atoms with Gasteiger partial charge in [-0.05, 0) is 64.7 Å². The molecule has 5 aromatic rings. The summed E-state index contributed by atoms with van der Waals surface area (Å²) in [4.78, 5) is 28.4. The highest BCUT2D eigenvalue weighted by atomic mass is 16.5. The van der Waals surface area contributed by atoms with Crippen molar-refractivity contribution in [2.45, 2.75) is 26.1 Å². The van der Waals surface area contributed by atoms with Crippen molar-refractivity contribution in [3.8, 4) is 5.75 Å². The van der Waals surface area contributed by atoms with Crippen LogP contribution in [0.25, 0.3) is 16.5 Å². The van der Waals surface area contributed by atoms with Crippen molar-refractivity contribution >= 4 is 28.2 Å². The number of benzene rings is 4. The molecule has 1 aromatic heterocycles. The van der Waals surface area contributed by atoms with Crippen molar-refractivity contribution < 1.29 is 23.8 Å². The Morgan fingerprint density at radius 1 is 0.900 bits per heavy atom. The van der Waals surface area contributed by atoms with E-state index in [1.54, 1.807) is 30.3 Å². The maximum atomic E-state index is 13.5. The lowest BCUT2D eigenvalue weighted by atomic mass is 9.91. The summed E-state index contributed by atoms with van der Waals surface area (Å²) >= 11 is 0. The van der Waals surface area contributed by atoms with Gasteiger partial charge in [-0.1, -0.05) is 72.8 Å². The molecule has 1 aliphatic rings. The van der Waals surface area contributed by atoms with E-state index in [-0.39, 0.29) is 17.9 Å². The highest BCUT2D eigenvalue weighted by molar-refractivity contribution is 6.46. The number of carbonyl (C=O) groups is 2. The number of aryl methyl sites for hydroxylation is 1. The lowest BCUT2D eigenvalue weighted by Gasteiger charge is -2.25. The third-order valence-electron chi connectivity index (χ3n) is 7.25. The van der Waals surface area contributed by atoms with Crippen LogP contribution in [0.1, 0.15) is 34.1 Å². The molecule has 1 atom stereocenters. The average Bonchev–Trinajstić information content (AvgIpc) is 3.59. The zero-order valence-corrected chi connectivity index (χ0v) is 21.9. The maximum absolute atomic E-state index is 13.5. The number of fused-ring (bicyclic) bond motifs is 1. The number of Topliss-reactive ketones (excluding diaryl/α,β-unsaturated/α-hetero) is 1. The third-order valence-corrected chi connectivity index (χ3v) is 7.25. The molecule has 4 aromatic carbocycles. The van der Waals surface area contributed by atoms with Crippen LogP contribution >= 0.6 is 0 Å². The van der Waals surface area contributed by atoms with Crippen LogP contribution in [0.3, 0.4) is 0 Å². The molecule has 1 aliphatic heterocycles. The van der Waals surface area contributed by atoms with Gasteiger partial charge in [-0.2, -0.15) is 0 Å². The number of aliphatic hydroxyl groups is 1. The maximum Gasteiger partial charge on any atom is 0.296 e. The molecule has 0 saturated carbocycles. The van der Waals surface area contributed by atoms with Crippen LogP contribution in [0.4, 0.5) is 0 Å². The average molecular weight is 530 g/mol. The Morgan fingerprint density at radius 3 is 2.45 bits per heavy atom. The number of ether oxygens (including phenoxy) is 1. The molecule has 6 rings (SSSR count). The Morgan fingerprint density at radius 2 is 1.68 bits per heavy atom. The van der Waals surface area contributed by atoms with E-state index in [4.69, 9.17) is 9.15 Å². The Labute approximate surface area is 231 Å². The fourth-order valence-electron chi connectivity index (χ4n) is 5.28. The summed E-state index contributed by atoms with van der Waals surface area (Å²) in [6, 6.07) is 31.4. The molecule has 2 heterocycles. The van der Waals surface area contributed by atoms with Gasteiger partial charge in [-0.25, -0.2) is 0 Å². The number of ketones is 1. The zero-order valence-electron chi connectivity index (χ0n) is 21.9. The molecule has 1 unspecified atom stereocenters. The van der Waals surface area contributed by atoms with E-state index in [2.05, 4.69) is 0 Å². The van der Waals surface area contributed by atoms with Gasteiger partial charge in [-0.3, -0.25) is 9.59 Å². The topological polar surface area (TPSA) is 80.0 Å². The third kappa shape index (κ3) is 4.64. The summed E-state index contributed by atoms with van der Waals surface area (Å²) in [6.07, 6.45) is 1.53. The van der Waals surface area contributed by atoms with E-state index in [1.807, 2.05) is 79.7 Å². The fourth-order valence-corrected chi connectivity index (χ4v) is 5.28. The predicted octanol–water partition coefficient (Wildman–Crippen LogP) is 6.94. The van der Waals surface area contributed by atoms with Gasteiger partial charge in [0.1, 0.15) is 23.9 Å². The fraction of sp³-hybridized carbons (Fsp3) is 0.118. The van der Waals surface area contributed by atoms with Crippen molar-refractivity contribution in [1.82, 2.24) is 4.90 Å². The van der Waals surface area contributed by atoms with Gasteiger partial charge >= 0.3 is 0 Å². The molecule has 1 N–H and O–H groups in total. The number of carbonyl (C=O) groups excluding carboxylic acids is 2. The second-order valence-electron chi connectivity index (χ2n) is 9.83. The smallest absolute Gasteiger partial charge is 0.296 e. The molecule has 1 fully saturated rings. The van der Waals surface area contributed by atoms with Crippen molar-refractivity contribution in [2.75, 3.05) is 0 Å². The van der Waals surface area contributed by atoms with Crippen molar-refractivity contribution in [2.24, 2.45) is 0 Å². The summed E-state index contributed by atoms with van der Waals surface area (Å²) in [5.41, 5.74) is 3.08. The van der Waals surface area contributed by atoms with Gasteiger partial charge in [-0.15, -0.1) is 0 Å². The van der Waals surface area contributed by atoms with Crippen LogP contribution in [0, 0.1) is 6.92 Å². The van der Waals surface area contributed by atoms with Gasteiger partial charge in [0.15, 0.2) is 0 Å². The first-order valence-electron chi connectivity index (χ1n) is 13.1. The van der Waals surface area contributed by atoms with Crippen LogP contribution in [-0.4, -0.2) is 21.7 Å². The molecule has 6 heteroatoms. The molecule has 198 valence electrons. The van der Waals surface area contributed by atoms with E-state index < -0.39 is 17.7 Å². The van der Waals surface area contributed by atoms with Crippen LogP contribution in [0.5, 0.6) is 5.75 Å². The van der Waals surface area contributed by atoms with Crippen molar-refractivity contribution in [3.05, 3.63) is 143 Å². The summed E-state index contributed by atoms with van der Waals surface area (Å²) in [5, 5.41) is 13.5. The largest absolute Gasteiger partial charge is 0.507 e. The second kappa shape index (κ2) is 10.6. The lowest BCUT2D eigenvalue weighted by Crippen LogP contribution is -2.29. The van der Waals surface area contributed by atoms with E-state index in [9.17, 15) is 14.7 Å². The molecule has 6 nitrogen and oxygen atoms in total. The van der Waals surface area contributed by atoms with Crippen molar-refractivity contribution in [3.63, 3.8) is 0 Å². The van der Waals surface area contributed by atoms with Crippen LogP contribution < -0.4 is 4.74 Å². The summed E-state index contributed by atoms with van der Waals surface area (Å²) in [6.45, 7) is 2.38. The first kappa shape index (κ1) is 25.2. The SMILES string of the molecule is Cc1cc(/C(O)=C2/C(=O)C(=O)N(Cc3ccco3)C2c2cccc3ccccc23)ccc1OCc1ccccc1. The molecule has 1 amide bonds. The molecule has 0 bridgehead atoms.